The van der Waals surface area contributed by atoms with Gasteiger partial charge in [0.1, 0.15) is 12.2 Å². The topological polar surface area (TPSA) is 44.8 Å². The Morgan fingerprint density at radius 3 is 2.56 bits per heavy atom. The molecule has 2 saturated carbocycles. The molecule has 0 aromatic rings. The maximum Gasteiger partial charge on any atom is 0.312 e. The molecule has 4 rings (SSSR count). The van der Waals surface area contributed by atoms with Gasteiger partial charge in [0.15, 0.2) is 5.79 Å². The molecule has 2 heterocycles. The first kappa shape index (κ1) is 11.2. The third-order valence-corrected chi connectivity index (χ3v) is 5.12. The van der Waals surface area contributed by atoms with Gasteiger partial charge in [-0.1, -0.05) is 6.42 Å². The highest BCUT2D eigenvalue weighted by molar-refractivity contribution is 5.79. The molecule has 4 atom stereocenters. The summed E-state index contributed by atoms with van der Waals surface area (Å²) in [6.07, 6.45) is 7.14. The van der Waals surface area contributed by atoms with Crippen LogP contribution in [0.15, 0.2) is 0 Å². The van der Waals surface area contributed by atoms with Crippen LogP contribution < -0.4 is 0 Å². The van der Waals surface area contributed by atoms with E-state index < -0.39 is 0 Å². The van der Waals surface area contributed by atoms with E-state index in [9.17, 15) is 4.79 Å². The summed E-state index contributed by atoms with van der Waals surface area (Å²) in [6, 6.07) is 0. The molecule has 2 bridgehead atoms. The molecule has 4 fully saturated rings. The number of esters is 1. The molecule has 4 nitrogen and oxygen atoms in total. The van der Waals surface area contributed by atoms with Crippen molar-refractivity contribution in [1.82, 2.24) is 0 Å². The maximum absolute atomic E-state index is 11.8. The molecule has 0 amide bonds. The van der Waals surface area contributed by atoms with Gasteiger partial charge in [0.2, 0.25) is 0 Å². The predicted octanol–water partition coefficient (Wildman–Crippen LogP) is 2.16. The lowest BCUT2D eigenvalue weighted by molar-refractivity contribution is -0.202. The molecule has 2 aliphatic heterocycles. The number of ether oxygens (including phenoxy) is 3. The number of hydrogen-bond donors (Lipinski definition) is 0. The molecule has 100 valence electrons. The summed E-state index contributed by atoms with van der Waals surface area (Å²) in [5, 5.41) is 0. The van der Waals surface area contributed by atoms with Crippen LogP contribution in [0.3, 0.4) is 0 Å². The van der Waals surface area contributed by atoms with E-state index in [-0.39, 0.29) is 35.5 Å². The van der Waals surface area contributed by atoms with Crippen molar-refractivity contribution >= 4 is 5.97 Å². The predicted molar refractivity (Wildman–Crippen MR) is 62.8 cm³/mol. The van der Waals surface area contributed by atoms with Gasteiger partial charge in [-0.3, -0.25) is 4.79 Å². The molecule has 4 aliphatic rings. The Morgan fingerprint density at radius 1 is 1.06 bits per heavy atom. The van der Waals surface area contributed by atoms with Crippen molar-refractivity contribution in [3.63, 3.8) is 0 Å². The van der Waals surface area contributed by atoms with Crippen LogP contribution in [0.25, 0.3) is 0 Å². The summed E-state index contributed by atoms with van der Waals surface area (Å²) in [4.78, 5) is 11.8. The Labute approximate surface area is 107 Å². The highest BCUT2D eigenvalue weighted by Crippen LogP contribution is 2.53. The van der Waals surface area contributed by atoms with Gasteiger partial charge in [-0.2, -0.15) is 0 Å². The van der Waals surface area contributed by atoms with Gasteiger partial charge >= 0.3 is 5.97 Å². The van der Waals surface area contributed by atoms with E-state index in [1.54, 1.807) is 0 Å². The van der Waals surface area contributed by atoms with Gasteiger partial charge in [0.25, 0.3) is 0 Å². The van der Waals surface area contributed by atoms with Crippen LogP contribution in [0.5, 0.6) is 0 Å². The third kappa shape index (κ3) is 1.42. The van der Waals surface area contributed by atoms with E-state index in [0.717, 1.165) is 25.7 Å². The molecule has 2 aliphatic carbocycles. The minimum Gasteiger partial charge on any atom is -0.459 e. The Hall–Kier alpha value is -0.610. The largest absolute Gasteiger partial charge is 0.459 e. The second-order valence-electron chi connectivity index (χ2n) is 6.62. The highest BCUT2D eigenvalue weighted by atomic mass is 16.8. The normalized spacial score (nSPS) is 49.2. The standard InChI is InChI=1S/C14H20O4/c1-13-7-9(16-12(13)15)11-10(8-13)17-14(18-11)5-3-2-4-6-14/h9-11H,2-8H2,1H3/t9-,10-,11+,13+/m1/s1. The van der Waals surface area contributed by atoms with Crippen molar-refractivity contribution in [3.8, 4) is 0 Å². The van der Waals surface area contributed by atoms with Crippen molar-refractivity contribution in [2.45, 2.75) is 76.0 Å². The number of carbonyl (C=O) groups is 1. The molecule has 18 heavy (non-hydrogen) atoms. The zero-order valence-corrected chi connectivity index (χ0v) is 10.8. The number of carbonyl (C=O) groups excluding carboxylic acids is 1. The molecule has 0 radical (unpaired) electrons. The fourth-order valence-electron chi connectivity index (χ4n) is 4.14. The van der Waals surface area contributed by atoms with Gasteiger partial charge in [0, 0.05) is 19.3 Å². The Kier molecular flexibility index (Phi) is 2.17. The maximum atomic E-state index is 11.8. The van der Waals surface area contributed by atoms with Crippen molar-refractivity contribution < 1.29 is 19.0 Å². The van der Waals surface area contributed by atoms with Crippen LogP contribution in [0, 0.1) is 5.41 Å². The molecule has 0 aromatic heterocycles. The summed E-state index contributed by atoms with van der Waals surface area (Å²) in [5.41, 5.74) is -0.338. The van der Waals surface area contributed by atoms with Gasteiger partial charge in [-0.25, -0.2) is 0 Å². The van der Waals surface area contributed by atoms with Crippen LogP contribution in [0.4, 0.5) is 0 Å². The first-order valence-electron chi connectivity index (χ1n) is 7.17. The highest BCUT2D eigenvalue weighted by Gasteiger charge is 2.62. The number of fused-ring (bicyclic) bond motifs is 4. The van der Waals surface area contributed by atoms with Crippen LogP contribution in [0.1, 0.15) is 51.9 Å². The molecule has 1 spiro atoms. The molecule has 4 heteroatoms. The van der Waals surface area contributed by atoms with Crippen molar-refractivity contribution in [2.24, 2.45) is 5.41 Å². The second kappa shape index (κ2) is 3.48. The minimum absolute atomic E-state index is 0.0253. The second-order valence-corrected chi connectivity index (χ2v) is 6.62. The van der Waals surface area contributed by atoms with Gasteiger partial charge in [-0.05, 0) is 26.2 Å². The molecule has 2 saturated heterocycles. The summed E-state index contributed by atoms with van der Waals surface area (Å²) >= 11 is 0. The first-order valence-corrected chi connectivity index (χ1v) is 7.17. The SMILES string of the molecule is C[C@@]12C[C@@H](OC1=O)[C@@H]1OC3(CCCCC3)O[C@@H]1C2. The summed E-state index contributed by atoms with van der Waals surface area (Å²) in [6.45, 7) is 2.00. The average Bonchev–Trinajstić information content (AvgIpc) is 2.79. The number of rotatable bonds is 0. The fraction of sp³-hybridized carbons (Fsp3) is 0.929. The van der Waals surface area contributed by atoms with E-state index in [4.69, 9.17) is 14.2 Å². The van der Waals surface area contributed by atoms with E-state index >= 15 is 0 Å². The van der Waals surface area contributed by atoms with Crippen LogP contribution in [-0.2, 0) is 19.0 Å². The minimum atomic E-state index is -0.360. The van der Waals surface area contributed by atoms with Gasteiger partial charge in [0.05, 0.1) is 11.5 Å². The third-order valence-electron chi connectivity index (χ3n) is 5.12. The zero-order chi connectivity index (χ0) is 12.4. The lowest BCUT2D eigenvalue weighted by atomic mass is 9.74. The summed E-state index contributed by atoms with van der Waals surface area (Å²) in [5.74, 6) is -0.423. The molecule has 0 aromatic carbocycles. The van der Waals surface area contributed by atoms with E-state index in [1.165, 1.54) is 19.3 Å². The lowest BCUT2D eigenvalue weighted by Crippen LogP contribution is -2.42. The van der Waals surface area contributed by atoms with E-state index in [0.29, 0.717) is 0 Å². The average molecular weight is 252 g/mol. The first-order chi connectivity index (χ1) is 8.60. The van der Waals surface area contributed by atoms with Crippen molar-refractivity contribution in [2.75, 3.05) is 0 Å². The van der Waals surface area contributed by atoms with Gasteiger partial charge < -0.3 is 14.2 Å². The number of hydrogen-bond acceptors (Lipinski definition) is 4. The molecule has 0 N–H and O–H groups in total. The van der Waals surface area contributed by atoms with Crippen molar-refractivity contribution in [1.29, 1.82) is 0 Å². The van der Waals surface area contributed by atoms with Crippen LogP contribution in [0.2, 0.25) is 0 Å². The van der Waals surface area contributed by atoms with Crippen LogP contribution >= 0.6 is 0 Å². The molecular formula is C14H20O4. The van der Waals surface area contributed by atoms with Gasteiger partial charge in [-0.15, -0.1) is 0 Å². The van der Waals surface area contributed by atoms with E-state index in [1.807, 2.05) is 6.92 Å². The fourth-order valence-corrected chi connectivity index (χ4v) is 4.14. The van der Waals surface area contributed by atoms with Crippen LogP contribution in [-0.4, -0.2) is 30.1 Å². The monoisotopic (exact) mass is 252 g/mol. The Balaban J connectivity index is 1.59. The summed E-state index contributed by atoms with van der Waals surface area (Å²) in [7, 11) is 0. The lowest BCUT2D eigenvalue weighted by Gasteiger charge is -2.32. The van der Waals surface area contributed by atoms with E-state index in [2.05, 4.69) is 0 Å². The smallest absolute Gasteiger partial charge is 0.312 e. The Bertz CT molecular complexity index is 387. The Morgan fingerprint density at radius 2 is 1.78 bits per heavy atom. The quantitative estimate of drug-likeness (QED) is 0.620. The molecular weight excluding hydrogens is 232 g/mol. The molecule has 0 unspecified atom stereocenters. The summed E-state index contributed by atoms with van der Waals surface area (Å²) < 4.78 is 17.9. The zero-order valence-electron chi connectivity index (χ0n) is 10.8. The van der Waals surface area contributed by atoms with Crippen molar-refractivity contribution in [3.05, 3.63) is 0 Å².